The lowest BCUT2D eigenvalue weighted by molar-refractivity contribution is -0.153. The molecule has 1 rings (SSSR count). The van der Waals surface area contributed by atoms with Crippen LogP contribution >= 0.6 is 0 Å². The summed E-state index contributed by atoms with van der Waals surface area (Å²) in [7, 11) is 0. The third-order valence-corrected chi connectivity index (χ3v) is 5.86. The van der Waals surface area contributed by atoms with E-state index in [9.17, 15) is 4.79 Å². The average molecular weight is 405 g/mol. The maximum absolute atomic E-state index is 11.9. The molecule has 2 nitrogen and oxygen atoms in total. The number of ether oxygens (including phenoxy) is 1. The minimum atomic E-state index is -0.397. The van der Waals surface area contributed by atoms with Crippen LogP contribution in [0.25, 0.3) is 0 Å². The van der Waals surface area contributed by atoms with E-state index >= 15 is 0 Å². The van der Waals surface area contributed by atoms with Crippen molar-refractivity contribution in [1.82, 2.24) is 0 Å². The first-order valence-corrected chi connectivity index (χ1v) is 12.5. The Bertz CT molecular complexity index is 475. The molecule has 2 heteroatoms. The van der Waals surface area contributed by atoms with E-state index in [-0.39, 0.29) is 5.97 Å². The number of hydrogen-bond acceptors (Lipinski definition) is 2. The van der Waals surface area contributed by atoms with Crippen molar-refractivity contribution < 1.29 is 9.53 Å². The summed E-state index contributed by atoms with van der Waals surface area (Å²) in [6.45, 7) is 8.56. The molecule has 0 saturated heterocycles. The molecule has 0 unspecified atom stereocenters. The van der Waals surface area contributed by atoms with Crippen LogP contribution in [0, 0.1) is 11.3 Å². The molecule has 0 radical (unpaired) electrons. The van der Waals surface area contributed by atoms with Crippen molar-refractivity contribution in [3.63, 3.8) is 0 Å². The van der Waals surface area contributed by atoms with E-state index in [1.165, 1.54) is 82.6 Å². The quantitative estimate of drug-likeness (QED) is 0.165. The van der Waals surface area contributed by atoms with Gasteiger partial charge in [0.2, 0.25) is 0 Å². The molecule has 0 aliphatic heterocycles. The number of unbranched alkanes of at least 4 members (excludes halogenated alkanes) is 7. The zero-order valence-corrected chi connectivity index (χ0v) is 19.9. The summed E-state index contributed by atoms with van der Waals surface area (Å²) in [5, 5.41) is 0. The van der Waals surface area contributed by atoms with E-state index in [0.717, 1.165) is 25.2 Å². The Hall–Kier alpha value is -1.05. The Labute approximate surface area is 181 Å². The summed E-state index contributed by atoms with van der Waals surface area (Å²) in [5.41, 5.74) is 1.11. The zero-order valence-electron chi connectivity index (χ0n) is 19.9. The Balaban J connectivity index is 2.36. The van der Waals surface area contributed by atoms with E-state index in [2.05, 4.69) is 25.2 Å². The summed E-state index contributed by atoms with van der Waals surface area (Å²) in [6.07, 6.45) is 26.8. The predicted molar refractivity (Wildman–Crippen MR) is 126 cm³/mol. The molecule has 0 atom stereocenters. The van der Waals surface area contributed by atoms with E-state index in [4.69, 9.17) is 4.74 Å². The molecule has 1 aliphatic rings. The van der Waals surface area contributed by atoms with Crippen molar-refractivity contribution in [3.05, 3.63) is 23.8 Å². The maximum atomic E-state index is 11.9. The monoisotopic (exact) mass is 404 g/mol. The summed E-state index contributed by atoms with van der Waals surface area (Å²) in [4.78, 5) is 11.9. The summed E-state index contributed by atoms with van der Waals surface area (Å²) < 4.78 is 5.42. The molecule has 0 spiro atoms. The lowest BCUT2D eigenvalue weighted by atomic mass is 9.87. The molecule has 0 N–H and O–H groups in total. The predicted octanol–water partition coefficient (Wildman–Crippen LogP) is 8.56. The number of allylic oxidation sites excluding steroid dienone is 4. The number of carbonyl (C=O) groups excluding carboxylic acids is 1. The van der Waals surface area contributed by atoms with Gasteiger partial charge in [0, 0.05) is 0 Å². The van der Waals surface area contributed by atoms with Gasteiger partial charge in [0.05, 0.1) is 12.0 Å². The Morgan fingerprint density at radius 1 is 0.931 bits per heavy atom. The molecular weight excluding hydrogens is 356 g/mol. The van der Waals surface area contributed by atoms with Crippen LogP contribution in [0.5, 0.6) is 0 Å². The van der Waals surface area contributed by atoms with E-state index in [1.54, 1.807) is 0 Å². The van der Waals surface area contributed by atoms with Crippen LogP contribution in [0.2, 0.25) is 0 Å². The minimum absolute atomic E-state index is 0.0886. The van der Waals surface area contributed by atoms with Gasteiger partial charge in [-0.25, -0.2) is 0 Å². The van der Waals surface area contributed by atoms with Gasteiger partial charge in [0.1, 0.15) is 0 Å². The van der Waals surface area contributed by atoms with Crippen molar-refractivity contribution in [3.8, 4) is 0 Å². The molecule has 29 heavy (non-hydrogen) atoms. The largest absolute Gasteiger partial charge is 0.465 e. The fraction of sp³-hybridized carbons (Fsp3) is 0.815. The molecule has 1 fully saturated rings. The van der Waals surface area contributed by atoms with Crippen LogP contribution < -0.4 is 0 Å². The molecule has 0 heterocycles. The highest BCUT2D eigenvalue weighted by molar-refractivity contribution is 5.75. The van der Waals surface area contributed by atoms with Crippen LogP contribution in [0.1, 0.15) is 124 Å². The molecule has 0 aromatic rings. The SMILES string of the molecule is CCCCCCCC/C=C/C(=C/C1CCCCC1)CCCCOC(=O)C(C)(C)C. The van der Waals surface area contributed by atoms with Crippen molar-refractivity contribution in [1.29, 1.82) is 0 Å². The topological polar surface area (TPSA) is 26.3 Å². The molecule has 1 saturated carbocycles. The molecule has 0 aromatic heterocycles. The van der Waals surface area contributed by atoms with Gasteiger partial charge in [-0.05, 0) is 71.6 Å². The zero-order chi connectivity index (χ0) is 21.4. The fourth-order valence-electron chi connectivity index (χ4n) is 3.92. The summed E-state index contributed by atoms with van der Waals surface area (Å²) in [5.74, 6) is 0.686. The van der Waals surface area contributed by atoms with Crippen LogP contribution in [-0.4, -0.2) is 12.6 Å². The molecule has 0 amide bonds. The lowest BCUT2D eigenvalue weighted by Crippen LogP contribution is -2.23. The second-order valence-electron chi connectivity index (χ2n) is 9.94. The third kappa shape index (κ3) is 13.7. The van der Waals surface area contributed by atoms with Gasteiger partial charge in [-0.2, -0.15) is 0 Å². The minimum Gasteiger partial charge on any atom is -0.465 e. The van der Waals surface area contributed by atoms with Crippen LogP contribution in [0.15, 0.2) is 23.8 Å². The molecule has 1 aliphatic carbocycles. The second kappa shape index (κ2) is 15.7. The first kappa shape index (κ1) is 26.0. The average Bonchev–Trinajstić information content (AvgIpc) is 2.69. The van der Waals surface area contributed by atoms with E-state index < -0.39 is 5.41 Å². The lowest BCUT2D eigenvalue weighted by Gasteiger charge is -2.19. The van der Waals surface area contributed by atoms with Crippen molar-refractivity contribution in [2.75, 3.05) is 6.61 Å². The van der Waals surface area contributed by atoms with Gasteiger partial charge in [-0.3, -0.25) is 4.79 Å². The van der Waals surface area contributed by atoms with Crippen molar-refractivity contribution in [2.24, 2.45) is 11.3 Å². The molecule has 168 valence electrons. The number of hydrogen-bond donors (Lipinski definition) is 0. The maximum Gasteiger partial charge on any atom is 0.311 e. The third-order valence-electron chi connectivity index (χ3n) is 5.86. The van der Waals surface area contributed by atoms with Crippen molar-refractivity contribution in [2.45, 2.75) is 124 Å². The second-order valence-corrected chi connectivity index (χ2v) is 9.94. The van der Waals surface area contributed by atoms with Gasteiger partial charge in [-0.15, -0.1) is 0 Å². The van der Waals surface area contributed by atoms with Crippen LogP contribution in [0.3, 0.4) is 0 Å². The first-order chi connectivity index (χ1) is 13.9. The highest BCUT2D eigenvalue weighted by Crippen LogP contribution is 2.27. The first-order valence-electron chi connectivity index (χ1n) is 12.5. The van der Waals surface area contributed by atoms with E-state index in [0.29, 0.717) is 6.61 Å². The normalized spacial score (nSPS) is 16.5. The standard InChI is InChI=1S/C27H48O2/c1-5-6-7-8-9-10-11-13-18-25(23-24-19-14-12-15-20-24)21-16-17-22-29-26(28)27(2,3)4/h13,18,23-24H,5-12,14-17,19-22H2,1-4H3/b18-13+,25-23-. The van der Waals surface area contributed by atoms with Crippen molar-refractivity contribution >= 4 is 5.97 Å². The summed E-state index contributed by atoms with van der Waals surface area (Å²) in [6, 6.07) is 0. The number of rotatable bonds is 14. The molecule has 0 aromatic carbocycles. The number of esters is 1. The van der Waals surface area contributed by atoms with E-state index in [1.807, 2.05) is 20.8 Å². The number of carbonyl (C=O) groups is 1. The van der Waals surface area contributed by atoms with Crippen LogP contribution in [-0.2, 0) is 9.53 Å². The smallest absolute Gasteiger partial charge is 0.311 e. The highest BCUT2D eigenvalue weighted by atomic mass is 16.5. The fourth-order valence-corrected chi connectivity index (χ4v) is 3.92. The van der Waals surface area contributed by atoms with Gasteiger partial charge < -0.3 is 4.74 Å². The molecular formula is C27H48O2. The van der Waals surface area contributed by atoms with Gasteiger partial charge in [0.25, 0.3) is 0 Å². The van der Waals surface area contributed by atoms with Gasteiger partial charge in [-0.1, -0.05) is 82.1 Å². The molecule has 0 bridgehead atoms. The Morgan fingerprint density at radius 3 is 2.31 bits per heavy atom. The Morgan fingerprint density at radius 2 is 1.62 bits per heavy atom. The summed E-state index contributed by atoms with van der Waals surface area (Å²) >= 11 is 0. The van der Waals surface area contributed by atoms with Gasteiger partial charge >= 0.3 is 5.97 Å². The van der Waals surface area contributed by atoms with Gasteiger partial charge in [0.15, 0.2) is 0 Å². The highest BCUT2D eigenvalue weighted by Gasteiger charge is 2.22. The van der Waals surface area contributed by atoms with Crippen LogP contribution in [0.4, 0.5) is 0 Å². The Kier molecular flexibility index (Phi) is 14.1.